The highest BCUT2D eigenvalue weighted by Gasteiger charge is 2.15. The van der Waals surface area contributed by atoms with Crippen LogP contribution in [0.5, 0.6) is 0 Å². The minimum absolute atomic E-state index is 0.864. The number of hydrogen-bond donors (Lipinski definition) is 1. The van der Waals surface area contributed by atoms with E-state index in [1.54, 1.807) is 11.3 Å². The Balaban J connectivity index is 2.41. The number of aromatic nitrogens is 1. The number of rotatable bonds is 6. The summed E-state index contributed by atoms with van der Waals surface area (Å²) in [6.07, 6.45) is 0. The molecule has 1 aromatic heterocycles. The van der Waals surface area contributed by atoms with Gasteiger partial charge in [-0.2, -0.15) is 0 Å². The molecule has 4 heteroatoms. The fourth-order valence-corrected chi connectivity index (χ4v) is 3.29. The molecule has 0 aliphatic carbocycles. The molecule has 0 fully saturated rings. The Bertz CT molecular complexity index is 503. The van der Waals surface area contributed by atoms with E-state index >= 15 is 0 Å². The monoisotopic (exact) mass is 275 g/mol. The molecule has 0 radical (unpaired) electrons. The molecule has 0 aliphatic heterocycles. The van der Waals surface area contributed by atoms with Gasteiger partial charge in [-0.25, -0.2) is 4.98 Å². The fraction of sp³-hybridized carbons (Fsp3) is 0.400. The Morgan fingerprint density at radius 1 is 1.16 bits per heavy atom. The Labute approximate surface area is 119 Å². The van der Waals surface area contributed by atoms with Crippen LogP contribution >= 0.6 is 11.3 Å². The van der Waals surface area contributed by atoms with Gasteiger partial charge < -0.3 is 10.2 Å². The molecule has 0 saturated heterocycles. The highest BCUT2D eigenvalue weighted by molar-refractivity contribution is 7.16. The van der Waals surface area contributed by atoms with Crippen molar-refractivity contribution in [2.45, 2.75) is 20.4 Å². The van der Waals surface area contributed by atoms with Crippen LogP contribution in [0.4, 0.5) is 5.13 Å². The van der Waals surface area contributed by atoms with Gasteiger partial charge in [-0.3, -0.25) is 0 Å². The standard InChI is InChI=1S/C15H21N3S/c1-4-18(5-2)15-17-14(13(19-15)11-16-3)12-9-7-6-8-10-12/h6-10,16H,4-5,11H2,1-3H3. The van der Waals surface area contributed by atoms with Crippen LogP contribution in [0.3, 0.4) is 0 Å². The Morgan fingerprint density at radius 3 is 2.42 bits per heavy atom. The van der Waals surface area contributed by atoms with E-state index in [-0.39, 0.29) is 0 Å². The fourth-order valence-electron chi connectivity index (χ4n) is 2.07. The van der Waals surface area contributed by atoms with Crippen LogP contribution in [0.25, 0.3) is 11.3 Å². The molecule has 1 heterocycles. The summed E-state index contributed by atoms with van der Waals surface area (Å²) >= 11 is 1.79. The van der Waals surface area contributed by atoms with Gasteiger partial charge in [-0.15, -0.1) is 0 Å². The molecule has 0 amide bonds. The Morgan fingerprint density at radius 2 is 1.84 bits per heavy atom. The summed E-state index contributed by atoms with van der Waals surface area (Å²) in [7, 11) is 1.98. The summed E-state index contributed by atoms with van der Waals surface area (Å²) < 4.78 is 0. The molecule has 0 aliphatic rings. The summed E-state index contributed by atoms with van der Waals surface area (Å²) in [5, 5.41) is 4.35. The smallest absolute Gasteiger partial charge is 0.186 e. The topological polar surface area (TPSA) is 28.2 Å². The highest BCUT2D eigenvalue weighted by Crippen LogP contribution is 2.32. The lowest BCUT2D eigenvalue weighted by atomic mass is 10.1. The first-order valence-corrected chi connectivity index (χ1v) is 7.56. The van der Waals surface area contributed by atoms with E-state index in [4.69, 9.17) is 4.98 Å². The predicted molar refractivity (Wildman–Crippen MR) is 83.9 cm³/mol. The van der Waals surface area contributed by atoms with Crippen molar-refractivity contribution in [1.82, 2.24) is 10.3 Å². The number of nitrogens with zero attached hydrogens (tertiary/aromatic N) is 2. The Hall–Kier alpha value is -1.39. The van der Waals surface area contributed by atoms with Crippen molar-refractivity contribution in [3.05, 3.63) is 35.2 Å². The van der Waals surface area contributed by atoms with Gasteiger partial charge >= 0.3 is 0 Å². The van der Waals surface area contributed by atoms with Gasteiger partial charge in [0.2, 0.25) is 0 Å². The molecule has 2 aromatic rings. The SMILES string of the molecule is CCN(CC)c1nc(-c2ccccc2)c(CNC)s1. The van der Waals surface area contributed by atoms with Crippen molar-refractivity contribution in [3.8, 4) is 11.3 Å². The molecule has 1 aromatic carbocycles. The van der Waals surface area contributed by atoms with Crippen LogP contribution in [-0.4, -0.2) is 25.1 Å². The average molecular weight is 275 g/mol. The molecule has 3 nitrogen and oxygen atoms in total. The number of thiazole rings is 1. The first-order valence-electron chi connectivity index (χ1n) is 6.74. The van der Waals surface area contributed by atoms with Gasteiger partial charge in [-0.1, -0.05) is 41.7 Å². The molecule has 19 heavy (non-hydrogen) atoms. The molecule has 0 saturated carbocycles. The van der Waals surface area contributed by atoms with Crippen LogP contribution in [0, 0.1) is 0 Å². The third-order valence-electron chi connectivity index (χ3n) is 3.10. The van der Waals surface area contributed by atoms with Gasteiger partial charge in [0, 0.05) is 30.1 Å². The third-order valence-corrected chi connectivity index (χ3v) is 4.22. The summed E-state index contributed by atoms with van der Waals surface area (Å²) in [6.45, 7) is 7.20. The van der Waals surface area contributed by atoms with E-state index in [0.717, 1.165) is 30.5 Å². The maximum Gasteiger partial charge on any atom is 0.186 e. The van der Waals surface area contributed by atoms with Gasteiger partial charge in [0.05, 0.1) is 5.69 Å². The third kappa shape index (κ3) is 3.14. The predicted octanol–water partition coefficient (Wildman–Crippen LogP) is 3.38. The number of anilines is 1. The molecule has 0 atom stereocenters. The zero-order valence-electron chi connectivity index (χ0n) is 11.8. The minimum atomic E-state index is 0.864. The molecule has 2 rings (SSSR count). The Kier molecular flexibility index (Phi) is 4.93. The molecule has 0 spiro atoms. The van der Waals surface area contributed by atoms with Crippen molar-refractivity contribution >= 4 is 16.5 Å². The van der Waals surface area contributed by atoms with Crippen LogP contribution < -0.4 is 10.2 Å². The number of nitrogens with one attached hydrogen (secondary N) is 1. The van der Waals surface area contributed by atoms with E-state index in [2.05, 4.69) is 48.3 Å². The van der Waals surface area contributed by atoms with Crippen LogP contribution in [0.15, 0.2) is 30.3 Å². The molecular weight excluding hydrogens is 254 g/mol. The quantitative estimate of drug-likeness (QED) is 0.876. The van der Waals surface area contributed by atoms with Crippen molar-refractivity contribution in [2.24, 2.45) is 0 Å². The van der Waals surface area contributed by atoms with Gasteiger partial charge in [0.1, 0.15) is 0 Å². The maximum absolute atomic E-state index is 4.85. The van der Waals surface area contributed by atoms with Crippen LogP contribution in [-0.2, 0) is 6.54 Å². The summed E-state index contributed by atoms with van der Waals surface area (Å²) in [6, 6.07) is 10.4. The molecule has 0 bridgehead atoms. The zero-order chi connectivity index (χ0) is 13.7. The van der Waals surface area contributed by atoms with E-state index in [0.29, 0.717) is 0 Å². The van der Waals surface area contributed by atoms with Crippen molar-refractivity contribution in [3.63, 3.8) is 0 Å². The highest BCUT2D eigenvalue weighted by atomic mass is 32.1. The molecule has 102 valence electrons. The van der Waals surface area contributed by atoms with Crippen LogP contribution in [0.1, 0.15) is 18.7 Å². The number of hydrogen-bond acceptors (Lipinski definition) is 4. The van der Waals surface area contributed by atoms with E-state index < -0.39 is 0 Å². The van der Waals surface area contributed by atoms with Crippen LogP contribution in [0.2, 0.25) is 0 Å². The average Bonchev–Trinajstić information content (AvgIpc) is 2.86. The minimum Gasteiger partial charge on any atom is -0.349 e. The zero-order valence-corrected chi connectivity index (χ0v) is 12.6. The lowest BCUT2D eigenvalue weighted by molar-refractivity contribution is 0.830. The second-order valence-electron chi connectivity index (χ2n) is 4.34. The molecular formula is C15H21N3S. The summed E-state index contributed by atoms with van der Waals surface area (Å²) in [4.78, 5) is 8.45. The molecule has 1 N–H and O–H groups in total. The maximum atomic E-state index is 4.85. The van der Waals surface area contributed by atoms with Crippen molar-refractivity contribution in [2.75, 3.05) is 25.0 Å². The van der Waals surface area contributed by atoms with Crippen molar-refractivity contribution < 1.29 is 0 Å². The van der Waals surface area contributed by atoms with Gasteiger partial charge in [0.25, 0.3) is 0 Å². The van der Waals surface area contributed by atoms with Crippen molar-refractivity contribution in [1.29, 1.82) is 0 Å². The lowest BCUT2D eigenvalue weighted by Crippen LogP contribution is -2.21. The van der Waals surface area contributed by atoms with E-state index in [1.807, 2.05) is 13.1 Å². The van der Waals surface area contributed by atoms with Gasteiger partial charge in [-0.05, 0) is 20.9 Å². The second kappa shape index (κ2) is 6.68. The summed E-state index contributed by atoms with van der Waals surface area (Å²) in [5.41, 5.74) is 2.31. The largest absolute Gasteiger partial charge is 0.349 e. The summed E-state index contributed by atoms with van der Waals surface area (Å²) in [5.74, 6) is 0. The van der Waals surface area contributed by atoms with E-state index in [1.165, 1.54) is 10.4 Å². The lowest BCUT2D eigenvalue weighted by Gasteiger charge is -2.16. The number of benzene rings is 1. The normalized spacial score (nSPS) is 10.7. The molecule has 0 unspecified atom stereocenters. The second-order valence-corrected chi connectivity index (χ2v) is 5.40. The first-order chi connectivity index (χ1) is 9.30. The first kappa shape index (κ1) is 14.0. The van der Waals surface area contributed by atoms with Gasteiger partial charge in [0.15, 0.2) is 5.13 Å². The van der Waals surface area contributed by atoms with E-state index in [9.17, 15) is 0 Å².